The molecule has 1 aliphatic heterocycles. The summed E-state index contributed by atoms with van der Waals surface area (Å²) in [6, 6.07) is 22.8. The Balaban J connectivity index is 1.16. The second kappa shape index (κ2) is 16.2. The van der Waals surface area contributed by atoms with Gasteiger partial charge in [-0.2, -0.15) is 0 Å². The molecular weight excluding hydrogens is 677 g/mol. The van der Waals surface area contributed by atoms with Gasteiger partial charge in [-0.15, -0.1) is 0 Å². The summed E-state index contributed by atoms with van der Waals surface area (Å²) in [5.41, 5.74) is 3.49. The molecule has 50 heavy (non-hydrogen) atoms. The predicted molar refractivity (Wildman–Crippen MR) is 197 cm³/mol. The van der Waals surface area contributed by atoms with Crippen LogP contribution in [0.2, 0.25) is 10.0 Å². The zero-order valence-electron chi connectivity index (χ0n) is 28.6. The smallest absolute Gasteiger partial charge is 0.257 e. The topological polar surface area (TPSA) is 96.4 Å². The number of carbonyl (C=O) groups excluding carboxylic acids is 1. The van der Waals surface area contributed by atoms with Gasteiger partial charge in [0.2, 0.25) is 5.95 Å². The van der Waals surface area contributed by atoms with Crippen LogP contribution in [0, 0.1) is 0 Å². The lowest BCUT2D eigenvalue weighted by Gasteiger charge is -2.28. The molecule has 2 aromatic heterocycles. The summed E-state index contributed by atoms with van der Waals surface area (Å²) in [6.45, 7) is 5.23. The lowest BCUT2D eigenvalue weighted by molar-refractivity contribution is 0.0779. The predicted octanol–water partition coefficient (Wildman–Crippen LogP) is 6.95. The van der Waals surface area contributed by atoms with E-state index < -0.39 is 0 Å². The van der Waals surface area contributed by atoms with E-state index in [0.717, 1.165) is 73.9 Å². The minimum atomic E-state index is -0.134. The van der Waals surface area contributed by atoms with Crippen molar-refractivity contribution in [3.8, 4) is 11.5 Å². The Bertz CT molecular complexity index is 1930. The molecule has 12 heteroatoms. The number of anilines is 1. The number of aliphatic hydroxyl groups is 1. The van der Waals surface area contributed by atoms with Gasteiger partial charge in [-0.25, -0.2) is 4.98 Å². The van der Waals surface area contributed by atoms with Gasteiger partial charge in [0.25, 0.3) is 5.91 Å². The fraction of sp³-hybridized carbons (Fsp3) is 0.368. The first-order valence-electron chi connectivity index (χ1n) is 16.8. The molecular formula is C38H43Cl2N5O5. The van der Waals surface area contributed by atoms with E-state index in [-0.39, 0.29) is 18.4 Å². The molecule has 0 bridgehead atoms. The van der Waals surface area contributed by atoms with Gasteiger partial charge in [0.15, 0.2) is 0 Å². The van der Waals surface area contributed by atoms with Crippen LogP contribution in [0.5, 0.6) is 11.5 Å². The third-order valence-electron chi connectivity index (χ3n) is 9.38. The molecule has 3 aromatic carbocycles. The molecule has 6 rings (SSSR count). The van der Waals surface area contributed by atoms with E-state index in [4.69, 9.17) is 42.1 Å². The van der Waals surface area contributed by atoms with Crippen LogP contribution in [0.1, 0.15) is 46.2 Å². The van der Waals surface area contributed by atoms with Crippen molar-refractivity contribution in [2.24, 2.45) is 0 Å². The molecule has 0 spiro atoms. The number of ether oxygens (including phenoxy) is 2. The number of rotatable bonds is 13. The zero-order chi connectivity index (χ0) is 35.2. The van der Waals surface area contributed by atoms with Crippen molar-refractivity contribution < 1.29 is 23.8 Å². The number of methoxy groups -OCH3 is 2. The van der Waals surface area contributed by atoms with Crippen LogP contribution in [0.4, 0.5) is 5.95 Å². The molecule has 0 saturated carbocycles. The molecule has 1 fully saturated rings. The highest BCUT2D eigenvalue weighted by molar-refractivity contribution is 6.42. The van der Waals surface area contributed by atoms with Crippen molar-refractivity contribution in [2.45, 2.75) is 31.9 Å². The van der Waals surface area contributed by atoms with Gasteiger partial charge in [-0.1, -0.05) is 41.4 Å². The molecule has 5 aromatic rings. The summed E-state index contributed by atoms with van der Waals surface area (Å²) < 4.78 is 18.9. The Hall–Kier alpha value is -4.22. The number of aromatic nitrogens is 2. The molecule has 1 atom stereocenters. The summed E-state index contributed by atoms with van der Waals surface area (Å²) in [7, 11) is 4.95. The van der Waals surface area contributed by atoms with Gasteiger partial charge in [-0.05, 0) is 80.0 Å². The van der Waals surface area contributed by atoms with Gasteiger partial charge >= 0.3 is 0 Å². The molecule has 1 saturated heterocycles. The number of fused-ring (bicyclic) bond motifs is 1. The molecule has 1 N–H and O–H groups in total. The van der Waals surface area contributed by atoms with Crippen LogP contribution in [-0.4, -0.2) is 90.9 Å². The van der Waals surface area contributed by atoms with E-state index in [0.29, 0.717) is 46.0 Å². The fourth-order valence-corrected chi connectivity index (χ4v) is 6.97. The number of furan rings is 1. The number of halogens is 2. The Morgan fingerprint density at radius 2 is 1.78 bits per heavy atom. The van der Waals surface area contributed by atoms with Crippen LogP contribution < -0.4 is 14.4 Å². The van der Waals surface area contributed by atoms with Gasteiger partial charge in [0.05, 0.1) is 47.4 Å². The summed E-state index contributed by atoms with van der Waals surface area (Å²) in [5, 5.41) is 10.5. The van der Waals surface area contributed by atoms with E-state index in [1.807, 2.05) is 55.6 Å². The second-order valence-corrected chi connectivity index (χ2v) is 13.4. The molecule has 1 aliphatic rings. The summed E-state index contributed by atoms with van der Waals surface area (Å²) in [5.74, 6) is 3.21. The zero-order valence-corrected chi connectivity index (χ0v) is 30.2. The summed E-state index contributed by atoms with van der Waals surface area (Å²) >= 11 is 12.8. The fourth-order valence-electron chi connectivity index (χ4n) is 6.67. The highest BCUT2D eigenvalue weighted by atomic mass is 35.5. The molecule has 0 aliphatic carbocycles. The van der Waals surface area contributed by atoms with Crippen LogP contribution in [0.25, 0.3) is 11.0 Å². The number of aliphatic hydroxyl groups excluding tert-OH is 1. The van der Waals surface area contributed by atoms with E-state index in [1.54, 1.807) is 37.3 Å². The number of hydrogen-bond acceptors (Lipinski definition) is 8. The number of amides is 1. The standard InChI is InChI=1S/C38H43Cl2N5O5/c1-42(37(47)31-13-12-28(48-2)22-36(31)49-3)23-27(26-9-14-32(39)33(40)21-26)15-18-43-16-6-17-44(20-19-43)38-41-34-7-4-5-8-35(34)45(38)24-29-10-11-30(25-46)50-29/h4-5,7-14,21-22,27,46H,6,15-20,23-25H2,1-3H3. The molecule has 10 nitrogen and oxygen atoms in total. The first-order valence-corrected chi connectivity index (χ1v) is 17.6. The Labute approximate surface area is 302 Å². The van der Waals surface area contributed by atoms with Crippen molar-refractivity contribution in [2.75, 3.05) is 65.4 Å². The first-order chi connectivity index (χ1) is 24.3. The quantitative estimate of drug-likeness (QED) is 0.140. The average molecular weight is 721 g/mol. The second-order valence-electron chi connectivity index (χ2n) is 12.6. The van der Waals surface area contributed by atoms with Gasteiger partial charge < -0.3 is 38.3 Å². The van der Waals surface area contributed by atoms with Gasteiger partial charge in [0, 0.05) is 45.2 Å². The number of hydrogen-bond donors (Lipinski definition) is 1. The minimum Gasteiger partial charge on any atom is -0.497 e. The summed E-state index contributed by atoms with van der Waals surface area (Å²) in [6.07, 6.45) is 1.80. The van der Waals surface area contributed by atoms with Gasteiger partial charge in [0.1, 0.15) is 29.6 Å². The Morgan fingerprint density at radius 3 is 2.54 bits per heavy atom. The first kappa shape index (κ1) is 35.6. The van der Waals surface area contributed by atoms with Crippen molar-refractivity contribution in [1.29, 1.82) is 0 Å². The number of nitrogens with zero attached hydrogens (tertiary/aromatic N) is 5. The number of likely N-dealkylation sites (N-methyl/N-ethyl adjacent to an activating group) is 1. The number of carbonyl (C=O) groups is 1. The highest BCUT2D eigenvalue weighted by Gasteiger charge is 2.25. The highest BCUT2D eigenvalue weighted by Crippen LogP contribution is 2.31. The molecule has 1 amide bonds. The maximum absolute atomic E-state index is 13.7. The summed E-state index contributed by atoms with van der Waals surface area (Å²) in [4.78, 5) is 25.3. The maximum Gasteiger partial charge on any atom is 0.257 e. The molecule has 1 unspecified atom stereocenters. The molecule has 0 radical (unpaired) electrons. The third kappa shape index (κ3) is 8.05. The number of benzene rings is 3. The van der Waals surface area contributed by atoms with E-state index in [2.05, 4.69) is 20.4 Å². The van der Waals surface area contributed by atoms with Crippen molar-refractivity contribution in [3.05, 3.63) is 105 Å². The number of para-hydroxylation sites is 2. The van der Waals surface area contributed by atoms with Crippen LogP contribution in [-0.2, 0) is 13.2 Å². The Morgan fingerprint density at radius 1 is 0.960 bits per heavy atom. The lowest BCUT2D eigenvalue weighted by Crippen LogP contribution is -2.35. The van der Waals surface area contributed by atoms with Crippen molar-refractivity contribution in [1.82, 2.24) is 19.4 Å². The van der Waals surface area contributed by atoms with Crippen molar-refractivity contribution in [3.63, 3.8) is 0 Å². The third-order valence-corrected chi connectivity index (χ3v) is 10.1. The minimum absolute atomic E-state index is 0.0172. The molecule has 3 heterocycles. The van der Waals surface area contributed by atoms with Crippen LogP contribution >= 0.6 is 23.2 Å². The van der Waals surface area contributed by atoms with Crippen molar-refractivity contribution >= 4 is 46.1 Å². The lowest BCUT2D eigenvalue weighted by atomic mass is 9.94. The normalized spacial score (nSPS) is 14.5. The van der Waals surface area contributed by atoms with E-state index in [1.165, 1.54) is 0 Å². The monoisotopic (exact) mass is 719 g/mol. The largest absolute Gasteiger partial charge is 0.497 e. The maximum atomic E-state index is 13.7. The molecule has 264 valence electrons. The van der Waals surface area contributed by atoms with Gasteiger partial charge in [-0.3, -0.25) is 4.79 Å². The van der Waals surface area contributed by atoms with Crippen LogP contribution in [0.15, 0.2) is 77.2 Å². The van der Waals surface area contributed by atoms with Crippen LogP contribution in [0.3, 0.4) is 0 Å². The average Bonchev–Trinajstić information content (AvgIpc) is 3.67. The van der Waals surface area contributed by atoms with E-state index in [9.17, 15) is 9.90 Å². The SMILES string of the molecule is COc1ccc(C(=O)N(C)CC(CCN2CCCN(c3nc4ccccc4n3Cc3ccc(CO)o3)CC2)c2ccc(Cl)c(Cl)c2)c(OC)c1. The Kier molecular flexibility index (Phi) is 11.5. The van der Waals surface area contributed by atoms with E-state index >= 15 is 0 Å². The number of imidazole rings is 1.